The molecule has 1 fully saturated rings. The molecule has 0 heterocycles. The lowest BCUT2D eigenvalue weighted by Crippen LogP contribution is -2.37. The van der Waals surface area contributed by atoms with E-state index in [1.165, 1.54) is 13.0 Å². The first-order valence-corrected chi connectivity index (χ1v) is 9.49. The van der Waals surface area contributed by atoms with Crippen LogP contribution in [0, 0.1) is 0 Å². The van der Waals surface area contributed by atoms with Crippen molar-refractivity contribution in [3.63, 3.8) is 0 Å². The summed E-state index contributed by atoms with van der Waals surface area (Å²) in [6.07, 6.45) is -2.58. The number of nitrogens with one attached hydrogen (secondary N) is 1. The summed E-state index contributed by atoms with van der Waals surface area (Å²) in [7, 11) is 0. The number of hydrogen-bond donors (Lipinski definition) is 1. The highest BCUT2D eigenvalue weighted by Gasteiger charge is 2.35. The van der Waals surface area contributed by atoms with Crippen LogP contribution in [0.3, 0.4) is 0 Å². The third-order valence-corrected chi connectivity index (χ3v) is 5.09. The smallest absolute Gasteiger partial charge is 0.325 e. The SMILES string of the molecule is CC(=O)c1cccc(NC(=O)CN(C2CC2)C(C)c2cccc(C(F)(F)F)c2)c1. The van der Waals surface area contributed by atoms with Crippen molar-refractivity contribution in [1.29, 1.82) is 0 Å². The van der Waals surface area contributed by atoms with Crippen LogP contribution in [0.25, 0.3) is 0 Å². The number of Topliss-reactive ketones (excluding diaryl/α,β-unsaturated/α-hetero) is 1. The van der Waals surface area contributed by atoms with Gasteiger partial charge in [0.1, 0.15) is 0 Å². The van der Waals surface area contributed by atoms with Gasteiger partial charge in [0.05, 0.1) is 12.1 Å². The molecule has 2 aromatic rings. The zero-order chi connectivity index (χ0) is 21.2. The van der Waals surface area contributed by atoms with E-state index in [0.717, 1.165) is 25.0 Å². The number of alkyl halides is 3. The topological polar surface area (TPSA) is 49.4 Å². The average molecular weight is 404 g/mol. The lowest BCUT2D eigenvalue weighted by Gasteiger charge is -2.29. The van der Waals surface area contributed by atoms with Gasteiger partial charge in [-0.3, -0.25) is 14.5 Å². The zero-order valence-electron chi connectivity index (χ0n) is 16.3. The Labute approximate surface area is 167 Å². The van der Waals surface area contributed by atoms with Gasteiger partial charge < -0.3 is 5.32 Å². The second-order valence-electron chi connectivity index (χ2n) is 7.39. The molecular weight excluding hydrogens is 381 g/mol. The van der Waals surface area contributed by atoms with Crippen molar-refractivity contribution in [3.8, 4) is 0 Å². The Morgan fingerprint density at radius 3 is 2.45 bits per heavy atom. The van der Waals surface area contributed by atoms with E-state index in [0.29, 0.717) is 16.8 Å². The summed E-state index contributed by atoms with van der Waals surface area (Å²) in [6.45, 7) is 3.33. The van der Waals surface area contributed by atoms with Gasteiger partial charge in [-0.25, -0.2) is 0 Å². The molecule has 1 unspecified atom stereocenters. The van der Waals surface area contributed by atoms with Gasteiger partial charge in [0.25, 0.3) is 0 Å². The van der Waals surface area contributed by atoms with Crippen molar-refractivity contribution in [2.24, 2.45) is 0 Å². The van der Waals surface area contributed by atoms with Gasteiger partial charge in [-0.05, 0) is 56.5 Å². The van der Waals surface area contributed by atoms with E-state index in [2.05, 4.69) is 5.32 Å². The van der Waals surface area contributed by atoms with Crippen LogP contribution in [0.15, 0.2) is 48.5 Å². The van der Waals surface area contributed by atoms with Crippen molar-refractivity contribution in [1.82, 2.24) is 4.90 Å². The lowest BCUT2D eigenvalue weighted by atomic mass is 10.0. The number of anilines is 1. The fourth-order valence-electron chi connectivity index (χ4n) is 3.34. The minimum absolute atomic E-state index is 0.0619. The molecule has 29 heavy (non-hydrogen) atoms. The van der Waals surface area contributed by atoms with Crippen LogP contribution >= 0.6 is 0 Å². The third-order valence-electron chi connectivity index (χ3n) is 5.09. The maximum Gasteiger partial charge on any atom is 0.416 e. The Kier molecular flexibility index (Phi) is 6.07. The Balaban J connectivity index is 1.73. The van der Waals surface area contributed by atoms with Crippen LogP contribution < -0.4 is 5.32 Å². The first-order valence-electron chi connectivity index (χ1n) is 9.49. The number of nitrogens with zero attached hydrogens (tertiary/aromatic N) is 1. The fraction of sp³-hybridized carbons (Fsp3) is 0.364. The molecule has 0 aromatic heterocycles. The summed E-state index contributed by atoms with van der Waals surface area (Å²) < 4.78 is 39.1. The molecule has 0 radical (unpaired) electrons. The number of carbonyl (C=O) groups excluding carboxylic acids is 2. The molecule has 0 bridgehead atoms. The number of rotatable bonds is 7. The van der Waals surface area contributed by atoms with Crippen LogP contribution in [-0.2, 0) is 11.0 Å². The monoisotopic (exact) mass is 404 g/mol. The molecule has 1 aliphatic carbocycles. The molecule has 0 saturated heterocycles. The Hall–Kier alpha value is -2.67. The maximum absolute atomic E-state index is 13.0. The molecule has 7 heteroatoms. The zero-order valence-corrected chi connectivity index (χ0v) is 16.3. The molecule has 0 aliphatic heterocycles. The van der Waals surface area contributed by atoms with Crippen LogP contribution in [0.5, 0.6) is 0 Å². The predicted octanol–water partition coefficient (Wildman–Crippen LogP) is 5.07. The Morgan fingerprint density at radius 1 is 1.14 bits per heavy atom. The number of hydrogen-bond acceptors (Lipinski definition) is 3. The standard InChI is InChI=1S/C22H23F3N2O2/c1-14(16-5-3-7-18(11-16)22(23,24)25)27(20-9-10-20)13-21(29)26-19-8-4-6-17(12-19)15(2)28/h3-8,11-12,14,20H,9-10,13H2,1-2H3,(H,26,29). The minimum atomic E-state index is -4.40. The Morgan fingerprint density at radius 2 is 1.83 bits per heavy atom. The van der Waals surface area contributed by atoms with Crippen LogP contribution in [0.2, 0.25) is 0 Å². The van der Waals surface area contributed by atoms with E-state index >= 15 is 0 Å². The molecule has 2 aromatic carbocycles. The molecule has 1 atom stereocenters. The van der Waals surface area contributed by atoms with Crippen molar-refractivity contribution < 1.29 is 22.8 Å². The fourth-order valence-corrected chi connectivity index (χ4v) is 3.34. The summed E-state index contributed by atoms with van der Waals surface area (Å²) >= 11 is 0. The molecule has 1 aliphatic rings. The van der Waals surface area contributed by atoms with Crippen LogP contribution in [0.4, 0.5) is 18.9 Å². The van der Waals surface area contributed by atoms with E-state index in [-0.39, 0.29) is 30.3 Å². The summed E-state index contributed by atoms with van der Waals surface area (Å²) in [4.78, 5) is 26.0. The maximum atomic E-state index is 13.0. The minimum Gasteiger partial charge on any atom is -0.325 e. The van der Waals surface area contributed by atoms with Gasteiger partial charge in [0.15, 0.2) is 5.78 Å². The molecule has 4 nitrogen and oxygen atoms in total. The summed E-state index contributed by atoms with van der Waals surface area (Å²) in [5.41, 5.74) is 0.852. The van der Waals surface area contributed by atoms with E-state index in [9.17, 15) is 22.8 Å². The predicted molar refractivity (Wildman–Crippen MR) is 105 cm³/mol. The first-order chi connectivity index (χ1) is 13.6. The lowest BCUT2D eigenvalue weighted by molar-refractivity contribution is -0.137. The number of benzene rings is 2. The second kappa shape index (κ2) is 8.37. The van der Waals surface area contributed by atoms with Crippen LogP contribution in [0.1, 0.15) is 54.2 Å². The largest absolute Gasteiger partial charge is 0.416 e. The summed E-state index contributed by atoms with van der Waals surface area (Å²) in [6, 6.07) is 11.8. The van der Waals surface area contributed by atoms with E-state index in [1.807, 2.05) is 11.8 Å². The van der Waals surface area contributed by atoms with Crippen LogP contribution in [-0.4, -0.2) is 29.2 Å². The van der Waals surface area contributed by atoms with Crippen molar-refractivity contribution in [3.05, 3.63) is 65.2 Å². The van der Waals surface area contributed by atoms with Gasteiger partial charge >= 0.3 is 6.18 Å². The number of halogens is 3. The first kappa shape index (κ1) is 21.0. The van der Waals surface area contributed by atoms with Gasteiger partial charge in [-0.15, -0.1) is 0 Å². The summed E-state index contributed by atoms with van der Waals surface area (Å²) in [5, 5.41) is 2.78. The number of ketones is 1. The molecule has 0 spiro atoms. The molecule has 1 amide bonds. The molecule has 1 saturated carbocycles. The van der Waals surface area contributed by atoms with E-state index in [4.69, 9.17) is 0 Å². The molecule has 3 rings (SSSR count). The van der Waals surface area contributed by atoms with E-state index in [1.54, 1.807) is 30.3 Å². The Bertz CT molecular complexity index is 907. The molecule has 154 valence electrons. The molecule has 1 N–H and O–H groups in total. The third kappa shape index (κ3) is 5.44. The highest BCUT2D eigenvalue weighted by Crippen LogP contribution is 2.36. The highest BCUT2D eigenvalue weighted by molar-refractivity contribution is 5.97. The van der Waals surface area contributed by atoms with Gasteiger partial charge in [0, 0.05) is 23.3 Å². The van der Waals surface area contributed by atoms with Gasteiger partial charge in [-0.1, -0.05) is 24.3 Å². The second-order valence-corrected chi connectivity index (χ2v) is 7.39. The van der Waals surface area contributed by atoms with Gasteiger partial charge in [0.2, 0.25) is 5.91 Å². The van der Waals surface area contributed by atoms with Gasteiger partial charge in [-0.2, -0.15) is 13.2 Å². The van der Waals surface area contributed by atoms with Crippen molar-refractivity contribution in [2.75, 3.05) is 11.9 Å². The van der Waals surface area contributed by atoms with Crippen molar-refractivity contribution >= 4 is 17.4 Å². The normalized spacial score (nSPS) is 15.2. The quantitative estimate of drug-likeness (QED) is 0.656. The summed E-state index contributed by atoms with van der Waals surface area (Å²) in [5.74, 6) is -0.365. The highest BCUT2D eigenvalue weighted by atomic mass is 19.4. The van der Waals surface area contributed by atoms with Crippen molar-refractivity contribution in [2.45, 2.75) is 44.9 Å². The average Bonchev–Trinajstić information content (AvgIpc) is 3.50. The number of amides is 1. The van der Waals surface area contributed by atoms with E-state index < -0.39 is 11.7 Å². The number of carbonyl (C=O) groups is 2. The molecular formula is C22H23F3N2O2.